The maximum absolute atomic E-state index is 12.8. The van der Waals surface area contributed by atoms with Crippen molar-refractivity contribution < 1.29 is 22.3 Å². The Morgan fingerprint density at radius 2 is 2.10 bits per heavy atom. The van der Waals surface area contributed by atoms with Gasteiger partial charge in [-0.1, -0.05) is 23.4 Å². The van der Waals surface area contributed by atoms with E-state index in [1.165, 1.54) is 6.20 Å². The van der Waals surface area contributed by atoms with Crippen molar-refractivity contribution in [2.75, 3.05) is 11.1 Å². The Bertz CT molecular complexity index is 1340. The van der Waals surface area contributed by atoms with Crippen LogP contribution in [0.5, 0.6) is 0 Å². The number of carbonyl (C=O) groups excluding carboxylic acids is 1. The number of nitrogens with zero attached hydrogens (tertiary/aromatic N) is 4. The summed E-state index contributed by atoms with van der Waals surface area (Å²) in [5.41, 5.74) is 3.03. The fraction of sp³-hybridized carbons (Fsp3) is 0.158. The van der Waals surface area contributed by atoms with Crippen LogP contribution in [0.2, 0.25) is 0 Å². The van der Waals surface area contributed by atoms with Crippen LogP contribution in [-0.2, 0) is 16.5 Å². The normalized spacial score (nSPS) is 11.7. The second kappa shape index (κ2) is 7.69. The molecule has 0 unspecified atom stereocenters. The molecule has 0 aliphatic rings. The Morgan fingerprint density at radius 3 is 2.90 bits per heavy atom. The minimum absolute atomic E-state index is 0.0829. The molecule has 0 fully saturated rings. The maximum atomic E-state index is 12.8. The average molecular weight is 427 g/mol. The lowest BCUT2D eigenvalue weighted by molar-refractivity contribution is 0.102. The molecule has 0 saturated carbocycles. The zero-order chi connectivity index (χ0) is 21.3. The van der Waals surface area contributed by atoms with Crippen LogP contribution in [-0.4, -0.2) is 44.2 Å². The van der Waals surface area contributed by atoms with E-state index in [0.717, 1.165) is 5.56 Å². The molecule has 3 heterocycles. The molecular formula is C19H17N5O5S. The second-order valence-corrected chi connectivity index (χ2v) is 8.18. The van der Waals surface area contributed by atoms with Crippen LogP contribution in [0.4, 0.5) is 5.69 Å². The van der Waals surface area contributed by atoms with Gasteiger partial charge in [0.25, 0.3) is 16.0 Å². The third-order valence-electron chi connectivity index (χ3n) is 4.44. The van der Waals surface area contributed by atoms with Crippen LogP contribution < -0.4 is 5.32 Å². The van der Waals surface area contributed by atoms with Crippen molar-refractivity contribution in [3.63, 3.8) is 0 Å². The highest BCUT2D eigenvalue weighted by atomic mass is 32.2. The number of hydrogen-bond donors (Lipinski definition) is 2. The smallest absolute Gasteiger partial charge is 0.274 e. The van der Waals surface area contributed by atoms with Gasteiger partial charge >= 0.3 is 0 Å². The van der Waals surface area contributed by atoms with Gasteiger partial charge in [-0.15, -0.1) is 0 Å². The van der Waals surface area contributed by atoms with Crippen molar-refractivity contribution in [1.29, 1.82) is 0 Å². The van der Waals surface area contributed by atoms with Crippen molar-refractivity contribution in [1.82, 2.24) is 19.5 Å². The lowest BCUT2D eigenvalue weighted by atomic mass is 10.1. The first kappa shape index (κ1) is 19.7. The minimum atomic E-state index is -4.12. The third-order valence-corrected chi connectivity index (χ3v) is 5.16. The first-order valence-electron chi connectivity index (χ1n) is 8.92. The predicted molar refractivity (Wildman–Crippen MR) is 108 cm³/mol. The van der Waals surface area contributed by atoms with E-state index in [9.17, 15) is 13.2 Å². The molecule has 0 bridgehead atoms. The summed E-state index contributed by atoms with van der Waals surface area (Å²) in [7, 11) is -4.12. The summed E-state index contributed by atoms with van der Waals surface area (Å²) >= 11 is 0. The van der Waals surface area contributed by atoms with Gasteiger partial charge < -0.3 is 9.84 Å². The van der Waals surface area contributed by atoms with Gasteiger partial charge in [-0.25, -0.2) is 4.98 Å². The summed E-state index contributed by atoms with van der Waals surface area (Å²) in [4.78, 5) is 21.1. The number of aryl methyl sites for hydroxylation is 2. The van der Waals surface area contributed by atoms with Gasteiger partial charge in [0.15, 0.2) is 0 Å². The Hall–Kier alpha value is -3.57. The zero-order valence-electron chi connectivity index (χ0n) is 15.8. The number of amides is 1. The van der Waals surface area contributed by atoms with Crippen molar-refractivity contribution >= 4 is 27.4 Å². The Kier molecular flexibility index (Phi) is 5.06. The van der Waals surface area contributed by atoms with Gasteiger partial charge in [0.1, 0.15) is 11.3 Å². The molecule has 0 aliphatic heterocycles. The highest BCUT2D eigenvalue weighted by Gasteiger charge is 2.16. The number of rotatable bonds is 6. The molecule has 0 spiro atoms. The van der Waals surface area contributed by atoms with Gasteiger partial charge in [-0.2, -0.15) is 13.4 Å². The summed E-state index contributed by atoms with van der Waals surface area (Å²) in [6, 6.07) is 10.7. The van der Waals surface area contributed by atoms with Gasteiger partial charge in [0.05, 0.1) is 11.9 Å². The van der Waals surface area contributed by atoms with Crippen molar-refractivity contribution in [2.45, 2.75) is 13.3 Å². The molecule has 11 heteroatoms. The minimum Gasteiger partial charge on any atom is -0.339 e. The molecule has 30 heavy (non-hydrogen) atoms. The molecule has 2 N–H and O–H groups in total. The van der Waals surface area contributed by atoms with E-state index in [-0.39, 0.29) is 24.0 Å². The van der Waals surface area contributed by atoms with Gasteiger partial charge in [-0.3, -0.25) is 13.7 Å². The van der Waals surface area contributed by atoms with Crippen LogP contribution in [0, 0.1) is 6.92 Å². The lowest BCUT2D eigenvalue weighted by Crippen LogP contribution is -2.15. The lowest BCUT2D eigenvalue weighted by Gasteiger charge is -2.09. The number of aromatic nitrogens is 4. The van der Waals surface area contributed by atoms with Crippen LogP contribution in [0.1, 0.15) is 21.9 Å². The largest absolute Gasteiger partial charge is 0.339 e. The molecule has 1 aromatic carbocycles. The van der Waals surface area contributed by atoms with Crippen molar-refractivity contribution in [2.24, 2.45) is 0 Å². The predicted octanol–water partition coefficient (Wildman–Crippen LogP) is 2.38. The van der Waals surface area contributed by atoms with Crippen molar-refractivity contribution in [3.05, 3.63) is 65.9 Å². The van der Waals surface area contributed by atoms with E-state index in [2.05, 4.69) is 20.4 Å². The summed E-state index contributed by atoms with van der Waals surface area (Å²) in [6.45, 7) is 1.85. The molecule has 4 rings (SSSR count). The quantitative estimate of drug-likeness (QED) is 0.447. The topological polar surface area (TPSA) is 140 Å². The molecule has 0 aliphatic carbocycles. The number of carbonyl (C=O) groups is 1. The van der Waals surface area contributed by atoms with E-state index in [4.69, 9.17) is 9.08 Å². The number of fused-ring (bicyclic) bond motifs is 1. The van der Waals surface area contributed by atoms with E-state index in [1.807, 2.05) is 19.1 Å². The van der Waals surface area contributed by atoms with Gasteiger partial charge in [-0.05, 0) is 30.7 Å². The Labute approximate surface area is 171 Å². The van der Waals surface area contributed by atoms with Crippen LogP contribution in [0.15, 0.2) is 53.3 Å². The molecular weight excluding hydrogens is 410 g/mol. The Morgan fingerprint density at radius 1 is 1.27 bits per heavy atom. The SMILES string of the molecule is Cc1ccc(-c2noc(CCS(=O)(=O)O)n2)cc1NC(=O)c1cnc2ccccn12. The molecule has 154 valence electrons. The summed E-state index contributed by atoms with van der Waals surface area (Å²) in [5, 5.41) is 6.71. The molecule has 1 amide bonds. The highest BCUT2D eigenvalue weighted by Crippen LogP contribution is 2.24. The Balaban J connectivity index is 1.56. The van der Waals surface area contributed by atoms with Crippen LogP contribution in [0.25, 0.3) is 17.0 Å². The number of nitrogens with one attached hydrogen (secondary N) is 1. The summed E-state index contributed by atoms with van der Waals surface area (Å²) in [5.74, 6) is -0.510. The first-order valence-corrected chi connectivity index (χ1v) is 10.5. The summed E-state index contributed by atoms with van der Waals surface area (Å²) < 4.78 is 37.3. The average Bonchev–Trinajstić information content (AvgIpc) is 3.34. The first-order chi connectivity index (χ1) is 14.3. The monoisotopic (exact) mass is 427 g/mol. The van der Waals surface area contributed by atoms with E-state index >= 15 is 0 Å². The van der Waals surface area contributed by atoms with E-state index in [0.29, 0.717) is 22.6 Å². The molecule has 3 aromatic heterocycles. The van der Waals surface area contributed by atoms with Gasteiger partial charge in [0, 0.05) is 23.9 Å². The highest BCUT2D eigenvalue weighted by molar-refractivity contribution is 7.85. The number of anilines is 1. The number of hydrogen-bond acceptors (Lipinski definition) is 7. The fourth-order valence-electron chi connectivity index (χ4n) is 2.87. The molecule has 0 saturated heterocycles. The van der Waals surface area contributed by atoms with Crippen LogP contribution >= 0.6 is 0 Å². The fourth-order valence-corrected chi connectivity index (χ4v) is 3.31. The summed E-state index contributed by atoms with van der Waals surface area (Å²) in [6.07, 6.45) is 3.16. The van der Waals surface area contributed by atoms with E-state index < -0.39 is 15.9 Å². The van der Waals surface area contributed by atoms with E-state index in [1.54, 1.807) is 34.9 Å². The van der Waals surface area contributed by atoms with Crippen LogP contribution in [0.3, 0.4) is 0 Å². The van der Waals surface area contributed by atoms with Gasteiger partial charge in [0.2, 0.25) is 11.7 Å². The molecule has 10 nitrogen and oxygen atoms in total. The number of imidazole rings is 1. The maximum Gasteiger partial charge on any atom is 0.274 e. The van der Waals surface area contributed by atoms with Crippen molar-refractivity contribution in [3.8, 4) is 11.4 Å². The number of pyridine rings is 1. The third kappa shape index (κ3) is 4.21. The molecule has 0 atom stereocenters. The second-order valence-electron chi connectivity index (χ2n) is 6.60. The molecule has 0 radical (unpaired) electrons. The standard InChI is InChI=1S/C19H17N5O5S/c1-12-5-6-13(18-22-17(29-23-18)7-9-30(26,27)28)10-14(12)21-19(25)15-11-20-16-4-2-3-8-24(15)16/h2-6,8,10-11H,7,9H2,1H3,(H,21,25)(H,26,27,28). The molecule has 4 aromatic rings. The number of benzene rings is 1. The zero-order valence-corrected chi connectivity index (χ0v) is 16.6.